The fraction of sp³-hybridized carbons (Fsp3) is 0.133. The van der Waals surface area contributed by atoms with Gasteiger partial charge in [0.15, 0.2) is 0 Å². The predicted molar refractivity (Wildman–Crippen MR) is 85.4 cm³/mol. The molecule has 1 N–H and O–H groups in total. The van der Waals surface area contributed by atoms with Crippen LogP contribution in [-0.4, -0.2) is 26.9 Å². The van der Waals surface area contributed by atoms with Crippen molar-refractivity contribution in [3.63, 3.8) is 0 Å². The summed E-state index contributed by atoms with van der Waals surface area (Å²) in [6, 6.07) is 10.0. The van der Waals surface area contributed by atoms with Gasteiger partial charge in [0.05, 0.1) is 22.4 Å². The number of pyridine rings is 1. The van der Waals surface area contributed by atoms with Gasteiger partial charge < -0.3 is 9.88 Å². The highest BCUT2D eigenvalue weighted by molar-refractivity contribution is 5.77. The van der Waals surface area contributed by atoms with Crippen LogP contribution in [0.3, 0.4) is 0 Å². The Hall–Kier alpha value is -3.29. The Labute approximate surface area is 130 Å². The summed E-state index contributed by atoms with van der Waals surface area (Å²) < 4.78 is 0. The van der Waals surface area contributed by atoms with Crippen molar-refractivity contribution in [2.45, 2.75) is 6.54 Å². The number of para-hydroxylation sites is 1. The van der Waals surface area contributed by atoms with Crippen LogP contribution in [0.15, 0.2) is 47.4 Å². The monoisotopic (exact) mass is 311 g/mol. The average molecular weight is 311 g/mol. The van der Waals surface area contributed by atoms with Gasteiger partial charge in [-0.1, -0.05) is 12.1 Å². The first-order chi connectivity index (χ1) is 11.0. The molecule has 3 aromatic rings. The SMILES string of the molecule is CN(Cc1nc2ccccc2c(=O)[nH]1)c1ccc([N+](=O)[O-])cn1. The van der Waals surface area contributed by atoms with Crippen molar-refractivity contribution in [1.82, 2.24) is 15.0 Å². The number of hydrogen-bond donors (Lipinski definition) is 1. The molecule has 0 amide bonds. The first-order valence-corrected chi connectivity index (χ1v) is 6.84. The second-order valence-corrected chi connectivity index (χ2v) is 5.02. The number of aromatic nitrogens is 3. The van der Waals surface area contributed by atoms with Gasteiger partial charge in [-0.25, -0.2) is 9.97 Å². The molecule has 0 aliphatic rings. The third kappa shape index (κ3) is 3.00. The molecule has 0 aliphatic heterocycles. The lowest BCUT2D eigenvalue weighted by Crippen LogP contribution is -2.22. The van der Waals surface area contributed by atoms with E-state index in [4.69, 9.17) is 0 Å². The summed E-state index contributed by atoms with van der Waals surface area (Å²) in [5.74, 6) is 1.04. The van der Waals surface area contributed by atoms with E-state index in [9.17, 15) is 14.9 Å². The van der Waals surface area contributed by atoms with Crippen molar-refractivity contribution < 1.29 is 4.92 Å². The average Bonchev–Trinajstić information content (AvgIpc) is 2.55. The molecule has 3 rings (SSSR count). The summed E-state index contributed by atoms with van der Waals surface area (Å²) in [5, 5.41) is 11.2. The Morgan fingerprint density at radius 1 is 1.26 bits per heavy atom. The third-order valence-corrected chi connectivity index (χ3v) is 3.38. The van der Waals surface area contributed by atoms with Crippen LogP contribution in [0.4, 0.5) is 11.5 Å². The number of benzene rings is 1. The van der Waals surface area contributed by atoms with Crippen LogP contribution in [0, 0.1) is 10.1 Å². The lowest BCUT2D eigenvalue weighted by Gasteiger charge is -2.17. The fourth-order valence-electron chi connectivity index (χ4n) is 2.23. The van der Waals surface area contributed by atoms with E-state index in [1.807, 2.05) is 6.07 Å². The van der Waals surface area contributed by atoms with E-state index < -0.39 is 4.92 Å². The van der Waals surface area contributed by atoms with Gasteiger partial charge >= 0.3 is 0 Å². The van der Waals surface area contributed by atoms with E-state index in [2.05, 4.69) is 15.0 Å². The zero-order valence-corrected chi connectivity index (χ0v) is 12.3. The number of hydrogen-bond acceptors (Lipinski definition) is 6. The number of nitro groups is 1. The summed E-state index contributed by atoms with van der Waals surface area (Å²) in [6.45, 7) is 0.324. The molecule has 8 heteroatoms. The Kier molecular flexibility index (Phi) is 3.71. The fourth-order valence-corrected chi connectivity index (χ4v) is 2.23. The summed E-state index contributed by atoms with van der Waals surface area (Å²) in [7, 11) is 1.77. The molecule has 0 radical (unpaired) electrons. The molecule has 0 aliphatic carbocycles. The smallest absolute Gasteiger partial charge is 0.287 e. The van der Waals surface area contributed by atoms with Crippen molar-refractivity contribution in [3.8, 4) is 0 Å². The highest BCUT2D eigenvalue weighted by Crippen LogP contribution is 2.16. The molecule has 0 unspecified atom stereocenters. The van der Waals surface area contributed by atoms with Crippen LogP contribution >= 0.6 is 0 Å². The van der Waals surface area contributed by atoms with E-state index in [1.54, 1.807) is 36.2 Å². The molecule has 0 saturated heterocycles. The molecule has 1 aromatic carbocycles. The molecule has 2 aromatic heterocycles. The maximum Gasteiger partial charge on any atom is 0.287 e. The molecule has 0 fully saturated rings. The van der Waals surface area contributed by atoms with Crippen molar-refractivity contribution >= 4 is 22.4 Å². The normalized spacial score (nSPS) is 10.7. The molecular formula is C15H13N5O3. The summed E-state index contributed by atoms with van der Waals surface area (Å²) in [5.41, 5.74) is 0.353. The lowest BCUT2D eigenvalue weighted by molar-refractivity contribution is -0.385. The molecule has 0 spiro atoms. The zero-order valence-electron chi connectivity index (χ0n) is 12.3. The van der Waals surface area contributed by atoms with Crippen LogP contribution in [-0.2, 0) is 6.54 Å². The van der Waals surface area contributed by atoms with Crippen LogP contribution in [0.1, 0.15) is 5.82 Å². The number of rotatable bonds is 4. The molecular weight excluding hydrogens is 298 g/mol. The van der Waals surface area contributed by atoms with Crippen molar-refractivity contribution in [3.05, 3.63) is 68.9 Å². The van der Waals surface area contributed by atoms with E-state index in [-0.39, 0.29) is 11.2 Å². The molecule has 0 saturated carbocycles. The zero-order chi connectivity index (χ0) is 16.4. The van der Waals surface area contributed by atoms with Crippen LogP contribution in [0.5, 0.6) is 0 Å². The Bertz CT molecular complexity index is 920. The minimum atomic E-state index is -0.501. The van der Waals surface area contributed by atoms with Crippen LogP contribution in [0.2, 0.25) is 0 Å². The number of nitrogens with zero attached hydrogens (tertiary/aromatic N) is 4. The van der Waals surface area contributed by atoms with Gasteiger partial charge in [-0.15, -0.1) is 0 Å². The standard InChI is InChI=1S/C15H13N5O3/c1-19(14-7-6-10(8-16-14)20(22)23)9-13-17-12-5-3-2-4-11(12)15(21)18-13/h2-8H,9H2,1H3,(H,17,18,21). The Morgan fingerprint density at radius 3 is 2.74 bits per heavy atom. The number of fused-ring (bicyclic) bond motifs is 1. The second-order valence-electron chi connectivity index (χ2n) is 5.02. The van der Waals surface area contributed by atoms with Gasteiger partial charge in [0, 0.05) is 13.1 Å². The molecule has 116 valence electrons. The Balaban J connectivity index is 1.86. The van der Waals surface area contributed by atoms with Crippen LogP contribution in [0.25, 0.3) is 10.9 Å². The van der Waals surface area contributed by atoms with Crippen molar-refractivity contribution in [2.24, 2.45) is 0 Å². The first kappa shape index (κ1) is 14.6. The number of nitrogens with one attached hydrogen (secondary N) is 1. The van der Waals surface area contributed by atoms with Crippen molar-refractivity contribution in [1.29, 1.82) is 0 Å². The molecule has 8 nitrogen and oxygen atoms in total. The van der Waals surface area contributed by atoms with Crippen LogP contribution < -0.4 is 10.5 Å². The number of H-pyrrole nitrogens is 1. The van der Waals surface area contributed by atoms with Gasteiger partial charge in [0.2, 0.25) is 0 Å². The summed E-state index contributed by atoms with van der Waals surface area (Å²) in [6.07, 6.45) is 1.20. The van der Waals surface area contributed by atoms with E-state index in [0.717, 1.165) is 0 Å². The third-order valence-electron chi connectivity index (χ3n) is 3.38. The highest BCUT2D eigenvalue weighted by Gasteiger charge is 2.10. The summed E-state index contributed by atoms with van der Waals surface area (Å²) in [4.78, 5) is 35.1. The molecule has 23 heavy (non-hydrogen) atoms. The number of anilines is 1. The van der Waals surface area contributed by atoms with E-state index in [0.29, 0.717) is 29.1 Å². The molecule has 0 bridgehead atoms. The predicted octanol–water partition coefficient (Wildman–Crippen LogP) is 1.86. The van der Waals surface area contributed by atoms with Gasteiger partial charge in [-0.05, 0) is 18.2 Å². The maximum absolute atomic E-state index is 12.0. The lowest BCUT2D eigenvalue weighted by atomic mass is 10.2. The highest BCUT2D eigenvalue weighted by atomic mass is 16.6. The topological polar surface area (TPSA) is 105 Å². The summed E-state index contributed by atoms with van der Waals surface area (Å²) >= 11 is 0. The maximum atomic E-state index is 12.0. The minimum absolute atomic E-state index is 0.0700. The molecule has 0 atom stereocenters. The van der Waals surface area contributed by atoms with Gasteiger partial charge in [-0.2, -0.15) is 0 Å². The first-order valence-electron chi connectivity index (χ1n) is 6.84. The van der Waals surface area contributed by atoms with Gasteiger partial charge in [0.25, 0.3) is 11.2 Å². The largest absolute Gasteiger partial charge is 0.352 e. The van der Waals surface area contributed by atoms with E-state index in [1.165, 1.54) is 12.3 Å². The molecule has 2 heterocycles. The van der Waals surface area contributed by atoms with E-state index >= 15 is 0 Å². The van der Waals surface area contributed by atoms with Crippen molar-refractivity contribution in [2.75, 3.05) is 11.9 Å². The number of aromatic amines is 1. The minimum Gasteiger partial charge on any atom is -0.352 e. The second kappa shape index (κ2) is 5.84. The van der Waals surface area contributed by atoms with Gasteiger partial charge in [0.1, 0.15) is 17.8 Å². The Morgan fingerprint density at radius 2 is 2.04 bits per heavy atom. The quantitative estimate of drug-likeness (QED) is 0.582. The van der Waals surface area contributed by atoms with Gasteiger partial charge in [-0.3, -0.25) is 14.9 Å².